The van der Waals surface area contributed by atoms with Gasteiger partial charge in [0, 0.05) is 0 Å². The number of hydrogen-bond donors (Lipinski definition) is 1. The fourth-order valence-electron chi connectivity index (χ4n) is 2.28. The summed E-state index contributed by atoms with van der Waals surface area (Å²) < 4.78 is 43.6. The highest BCUT2D eigenvalue weighted by Gasteiger charge is 2.30. The number of benzene rings is 2. The van der Waals surface area contributed by atoms with E-state index < -0.39 is 17.6 Å². The summed E-state index contributed by atoms with van der Waals surface area (Å²) in [7, 11) is 0. The number of carbonyl (C=O) groups excluding carboxylic acids is 1. The molecule has 3 rings (SSSR count). The van der Waals surface area contributed by atoms with Gasteiger partial charge in [-0.05, 0) is 23.8 Å². The molecule has 1 amide bonds. The number of hydrogen-bond acceptors (Lipinski definition) is 4. The van der Waals surface area contributed by atoms with Crippen molar-refractivity contribution in [2.75, 3.05) is 5.32 Å². The summed E-state index contributed by atoms with van der Waals surface area (Å²) in [6.07, 6.45) is -1.94. The molecule has 0 saturated carbocycles. The molecule has 0 aliphatic carbocycles. The molecule has 0 aliphatic rings. The van der Waals surface area contributed by atoms with Gasteiger partial charge in [0.1, 0.15) is 5.75 Å². The summed E-state index contributed by atoms with van der Waals surface area (Å²) in [5.41, 5.74) is -0.224. The Labute approximate surface area is 152 Å². The number of aromatic nitrogens is 2. The SMILES string of the molecule is O=C(Cc1cccc(C(F)(F)F)c1)Nc1cnc(Oc2ccccc2)nc1. The van der Waals surface area contributed by atoms with Crippen molar-refractivity contribution < 1.29 is 22.7 Å². The van der Waals surface area contributed by atoms with E-state index in [4.69, 9.17) is 4.74 Å². The third-order valence-electron chi connectivity index (χ3n) is 3.48. The fourth-order valence-corrected chi connectivity index (χ4v) is 2.28. The first kappa shape index (κ1) is 18.4. The minimum absolute atomic E-state index is 0.108. The van der Waals surface area contributed by atoms with Gasteiger partial charge in [0.15, 0.2) is 0 Å². The molecule has 0 saturated heterocycles. The molecule has 8 heteroatoms. The highest BCUT2D eigenvalue weighted by atomic mass is 19.4. The molecule has 138 valence electrons. The van der Waals surface area contributed by atoms with Gasteiger partial charge in [-0.2, -0.15) is 13.2 Å². The predicted molar refractivity (Wildman–Crippen MR) is 92.3 cm³/mol. The molecule has 27 heavy (non-hydrogen) atoms. The molecule has 0 spiro atoms. The lowest BCUT2D eigenvalue weighted by Crippen LogP contribution is -2.15. The number of nitrogens with zero attached hydrogens (tertiary/aromatic N) is 2. The molecule has 2 aromatic carbocycles. The maximum absolute atomic E-state index is 12.7. The number of anilines is 1. The first-order valence-corrected chi connectivity index (χ1v) is 7.91. The van der Waals surface area contributed by atoms with Gasteiger partial charge in [0.05, 0.1) is 30.1 Å². The molecule has 5 nitrogen and oxygen atoms in total. The third-order valence-corrected chi connectivity index (χ3v) is 3.48. The van der Waals surface area contributed by atoms with Crippen molar-refractivity contribution in [2.24, 2.45) is 0 Å². The minimum atomic E-state index is -4.45. The van der Waals surface area contributed by atoms with Crippen molar-refractivity contribution in [3.05, 3.63) is 78.1 Å². The zero-order valence-electron chi connectivity index (χ0n) is 13.9. The van der Waals surface area contributed by atoms with Crippen LogP contribution < -0.4 is 10.1 Å². The van der Waals surface area contributed by atoms with E-state index in [0.29, 0.717) is 11.4 Å². The zero-order valence-corrected chi connectivity index (χ0v) is 13.9. The lowest BCUT2D eigenvalue weighted by molar-refractivity contribution is -0.137. The molecule has 0 atom stereocenters. The van der Waals surface area contributed by atoms with Gasteiger partial charge in [0.25, 0.3) is 0 Å². The molecule has 1 N–H and O–H groups in total. The van der Waals surface area contributed by atoms with Crippen LogP contribution in [0.5, 0.6) is 11.8 Å². The molecule has 1 heterocycles. The van der Waals surface area contributed by atoms with E-state index in [9.17, 15) is 18.0 Å². The summed E-state index contributed by atoms with van der Waals surface area (Å²) >= 11 is 0. The molecule has 0 fully saturated rings. The lowest BCUT2D eigenvalue weighted by Gasteiger charge is -2.09. The normalized spacial score (nSPS) is 11.1. The monoisotopic (exact) mass is 373 g/mol. The first-order valence-electron chi connectivity index (χ1n) is 7.91. The van der Waals surface area contributed by atoms with Crippen molar-refractivity contribution in [2.45, 2.75) is 12.6 Å². The molecular formula is C19H14F3N3O2. The number of carbonyl (C=O) groups is 1. The first-order chi connectivity index (χ1) is 12.9. The van der Waals surface area contributed by atoms with Gasteiger partial charge in [-0.1, -0.05) is 36.4 Å². The maximum atomic E-state index is 12.7. The number of amides is 1. The summed E-state index contributed by atoms with van der Waals surface area (Å²) in [5, 5.41) is 2.54. The number of rotatable bonds is 5. The van der Waals surface area contributed by atoms with Crippen molar-refractivity contribution >= 4 is 11.6 Å². The Kier molecular flexibility index (Phi) is 5.35. The van der Waals surface area contributed by atoms with Crippen LogP contribution >= 0.6 is 0 Å². The molecule has 0 aliphatic heterocycles. The number of para-hydroxylation sites is 1. The standard InChI is InChI=1S/C19H14F3N3O2/c20-19(21,22)14-6-4-5-13(9-14)10-17(26)25-15-11-23-18(24-12-15)27-16-7-2-1-3-8-16/h1-9,11-12H,10H2,(H,25,26). The van der Waals surface area contributed by atoms with E-state index in [1.807, 2.05) is 6.07 Å². The Morgan fingerprint density at radius 2 is 1.70 bits per heavy atom. The van der Waals surface area contributed by atoms with E-state index in [1.165, 1.54) is 24.5 Å². The van der Waals surface area contributed by atoms with Gasteiger partial charge >= 0.3 is 12.2 Å². The number of ether oxygens (including phenoxy) is 1. The van der Waals surface area contributed by atoms with Crippen molar-refractivity contribution in [1.29, 1.82) is 0 Å². The average molecular weight is 373 g/mol. The van der Waals surface area contributed by atoms with Gasteiger partial charge in [0.2, 0.25) is 5.91 Å². The van der Waals surface area contributed by atoms with E-state index in [0.717, 1.165) is 12.1 Å². The van der Waals surface area contributed by atoms with Gasteiger partial charge in [-0.25, -0.2) is 9.97 Å². The third kappa shape index (κ3) is 5.27. The molecule has 0 unspecified atom stereocenters. The number of alkyl halides is 3. The van der Waals surface area contributed by atoms with Crippen molar-refractivity contribution in [3.63, 3.8) is 0 Å². The smallest absolute Gasteiger partial charge is 0.416 e. The Bertz CT molecular complexity index is 913. The van der Waals surface area contributed by atoms with E-state index in [-0.39, 0.29) is 18.0 Å². The van der Waals surface area contributed by atoms with Crippen LogP contribution in [-0.2, 0) is 17.4 Å². The Hall–Kier alpha value is -3.42. The predicted octanol–water partition coefficient (Wildman–Crippen LogP) is 4.47. The van der Waals surface area contributed by atoms with Crippen LogP contribution in [0.15, 0.2) is 67.0 Å². The summed E-state index contributed by atoms with van der Waals surface area (Å²) in [5.74, 6) is 0.0912. The topological polar surface area (TPSA) is 64.1 Å². The highest BCUT2D eigenvalue weighted by Crippen LogP contribution is 2.29. The van der Waals surface area contributed by atoms with Crippen molar-refractivity contribution in [1.82, 2.24) is 9.97 Å². The van der Waals surface area contributed by atoms with Crippen LogP contribution in [0.25, 0.3) is 0 Å². The molecule has 0 bridgehead atoms. The highest BCUT2D eigenvalue weighted by molar-refractivity contribution is 5.91. The Morgan fingerprint density at radius 3 is 2.37 bits per heavy atom. The molecule has 3 aromatic rings. The summed E-state index contributed by atoms with van der Waals surface area (Å²) in [4.78, 5) is 20.0. The summed E-state index contributed by atoms with van der Waals surface area (Å²) in [6, 6.07) is 13.7. The van der Waals surface area contributed by atoms with Crippen LogP contribution in [0.4, 0.5) is 18.9 Å². The fraction of sp³-hybridized carbons (Fsp3) is 0.105. The lowest BCUT2D eigenvalue weighted by atomic mass is 10.1. The van der Waals surface area contributed by atoms with E-state index in [1.54, 1.807) is 24.3 Å². The second-order valence-corrected chi connectivity index (χ2v) is 5.59. The molecule has 1 aromatic heterocycles. The average Bonchev–Trinajstić information content (AvgIpc) is 2.64. The van der Waals surface area contributed by atoms with Crippen LogP contribution in [0, 0.1) is 0 Å². The largest absolute Gasteiger partial charge is 0.424 e. The minimum Gasteiger partial charge on any atom is -0.424 e. The van der Waals surface area contributed by atoms with Gasteiger partial charge in [-0.15, -0.1) is 0 Å². The number of nitrogens with one attached hydrogen (secondary N) is 1. The van der Waals surface area contributed by atoms with Crippen LogP contribution in [-0.4, -0.2) is 15.9 Å². The zero-order chi connectivity index (χ0) is 19.3. The number of halogens is 3. The van der Waals surface area contributed by atoms with Crippen LogP contribution in [0.2, 0.25) is 0 Å². The van der Waals surface area contributed by atoms with E-state index in [2.05, 4.69) is 15.3 Å². The van der Waals surface area contributed by atoms with Crippen LogP contribution in [0.1, 0.15) is 11.1 Å². The summed E-state index contributed by atoms with van der Waals surface area (Å²) in [6.45, 7) is 0. The Morgan fingerprint density at radius 1 is 1.00 bits per heavy atom. The van der Waals surface area contributed by atoms with Crippen LogP contribution in [0.3, 0.4) is 0 Å². The molecular weight excluding hydrogens is 359 g/mol. The van der Waals surface area contributed by atoms with E-state index >= 15 is 0 Å². The Balaban J connectivity index is 1.60. The second-order valence-electron chi connectivity index (χ2n) is 5.59. The maximum Gasteiger partial charge on any atom is 0.416 e. The molecule has 0 radical (unpaired) electrons. The van der Waals surface area contributed by atoms with Gasteiger partial charge < -0.3 is 10.1 Å². The quantitative estimate of drug-likeness (QED) is 0.717. The van der Waals surface area contributed by atoms with Crippen molar-refractivity contribution in [3.8, 4) is 11.8 Å². The second kappa shape index (κ2) is 7.86. The van der Waals surface area contributed by atoms with Gasteiger partial charge in [-0.3, -0.25) is 4.79 Å².